The van der Waals surface area contributed by atoms with Gasteiger partial charge in [-0.15, -0.1) is 0 Å². The first-order valence-electron chi connectivity index (χ1n) is 9.76. The monoisotopic (exact) mass is 380 g/mol. The lowest BCUT2D eigenvalue weighted by molar-refractivity contribution is 0.215. The van der Waals surface area contributed by atoms with Crippen molar-refractivity contribution in [3.8, 4) is 11.4 Å². The molecule has 2 N–H and O–H groups in total. The molecule has 3 heterocycles. The van der Waals surface area contributed by atoms with Crippen LogP contribution in [0.2, 0.25) is 0 Å². The van der Waals surface area contributed by atoms with Crippen molar-refractivity contribution >= 4 is 23.5 Å². The van der Waals surface area contributed by atoms with Crippen molar-refractivity contribution < 1.29 is 18.8 Å². The third kappa shape index (κ3) is 3.19. The van der Waals surface area contributed by atoms with Gasteiger partial charge in [0.25, 0.3) is 0 Å². The number of nitrogens with one attached hydrogen (secondary N) is 1. The smallest absolute Gasteiger partial charge is 0.491 e. The van der Waals surface area contributed by atoms with Crippen molar-refractivity contribution in [2.75, 3.05) is 19.7 Å². The summed E-state index contributed by atoms with van der Waals surface area (Å²) in [5, 5.41) is 14.3. The molecule has 0 amide bonds. The van der Waals surface area contributed by atoms with Gasteiger partial charge < -0.3 is 24.3 Å². The predicted octanol–water partition coefficient (Wildman–Crippen LogP) is 2.37. The van der Waals surface area contributed by atoms with Gasteiger partial charge in [-0.2, -0.15) is 0 Å². The van der Waals surface area contributed by atoms with E-state index in [1.165, 1.54) is 6.07 Å². The minimum atomic E-state index is -0.994. The largest absolute Gasteiger partial charge is 0.493 e. The van der Waals surface area contributed by atoms with E-state index in [1.54, 1.807) is 10.6 Å². The fourth-order valence-electron chi connectivity index (χ4n) is 4.10. The van der Waals surface area contributed by atoms with Crippen molar-refractivity contribution in [3.05, 3.63) is 54.0 Å². The summed E-state index contributed by atoms with van der Waals surface area (Å²) < 4.78 is 27.7. The van der Waals surface area contributed by atoms with Gasteiger partial charge in [0.1, 0.15) is 11.6 Å². The topological polar surface area (TPSA) is 55.7 Å². The molecule has 5 rings (SSSR count). The third-order valence-corrected chi connectivity index (χ3v) is 5.74. The highest BCUT2D eigenvalue weighted by Gasteiger charge is 2.29. The number of benzene rings is 2. The molecule has 28 heavy (non-hydrogen) atoms. The molecule has 2 aromatic carbocycles. The Bertz CT molecular complexity index is 1020. The van der Waals surface area contributed by atoms with E-state index in [1.807, 2.05) is 30.5 Å². The molecule has 2 aliphatic heterocycles. The zero-order valence-electron chi connectivity index (χ0n) is 15.5. The number of aromatic nitrogens is 1. The molecule has 1 aromatic heterocycles. The summed E-state index contributed by atoms with van der Waals surface area (Å²) in [4.78, 5) is 0. The van der Waals surface area contributed by atoms with Gasteiger partial charge in [-0.3, -0.25) is 0 Å². The summed E-state index contributed by atoms with van der Waals surface area (Å²) in [6.07, 6.45) is 4.13. The van der Waals surface area contributed by atoms with Gasteiger partial charge in [-0.25, -0.2) is 4.39 Å². The Morgan fingerprint density at radius 3 is 2.93 bits per heavy atom. The lowest BCUT2D eigenvalue weighted by atomic mass is 9.79. The van der Waals surface area contributed by atoms with Crippen LogP contribution in [0.25, 0.3) is 16.6 Å². The van der Waals surface area contributed by atoms with Crippen molar-refractivity contribution in [2.24, 2.45) is 5.92 Å². The zero-order chi connectivity index (χ0) is 19.1. The van der Waals surface area contributed by atoms with Gasteiger partial charge in [0.05, 0.1) is 24.4 Å². The molecule has 0 bridgehead atoms. The van der Waals surface area contributed by atoms with Crippen molar-refractivity contribution in [2.45, 2.75) is 19.4 Å². The molecule has 0 atom stereocenters. The van der Waals surface area contributed by atoms with Gasteiger partial charge in [0.15, 0.2) is 0 Å². The Balaban J connectivity index is 1.42. The maximum Gasteiger partial charge on any atom is 0.491 e. The van der Waals surface area contributed by atoms with Crippen LogP contribution in [0.4, 0.5) is 4.39 Å². The fraction of sp³-hybridized carbons (Fsp3) is 0.333. The third-order valence-electron chi connectivity index (χ3n) is 5.74. The number of hydrogen-bond acceptors (Lipinski definition) is 4. The number of halogens is 1. The molecule has 5 nitrogen and oxygen atoms in total. The van der Waals surface area contributed by atoms with Crippen LogP contribution >= 0.6 is 0 Å². The molecule has 3 aromatic rings. The van der Waals surface area contributed by atoms with Gasteiger partial charge in [-0.05, 0) is 79.3 Å². The minimum Gasteiger partial charge on any atom is -0.493 e. The molecule has 0 saturated carbocycles. The Morgan fingerprint density at radius 2 is 2.07 bits per heavy atom. The van der Waals surface area contributed by atoms with Crippen molar-refractivity contribution in [3.63, 3.8) is 0 Å². The van der Waals surface area contributed by atoms with E-state index in [0.717, 1.165) is 49.2 Å². The van der Waals surface area contributed by atoms with Crippen molar-refractivity contribution in [1.82, 2.24) is 9.88 Å². The Hall–Kier alpha value is -2.35. The molecule has 0 radical (unpaired) electrons. The SMILES string of the molecule is OB1OCc2cc(F)c(-n3ccc4cc(OCC5CCNCC5)ccc43)cc21. The summed E-state index contributed by atoms with van der Waals surface area (Å²) in [6, 6.07) is 10.9. The maximum atomic E-state index is 14.7. The second-order valence-corrected chi connectivity index (χ2v) is 7.58. The first kappa shape index (κ1) is 17.7. The summed E-state index contributed by atoms with van der Waals surface area (Å²) in [5.74, 6) is 1.10. The number of nitrogens with zero attached hydrogens (tertiary/aromatic N) is 1. The van der Waals surface area contributed by atoms with E-state index in [2.05, 4.69) is 5.32 Å². The Labute approximate surface area is 163 Å². The highest BCUT2D eigenvalue weighted by atomic mass is 19.1. The molecule has 0 unspecified atom stereocenters. The molecule has 1 fully saturated rings. The first-order valence-corrected chi connectivity index (χ1v) is 9.76. The number of ether oxygens (including phenoxy) is 1. The molecule has 0 aliphatic carbocycles. The molecule has 1 saturated heterocycles. The second-order valence-electron chi connectivity index (χ2n) is 7.58. The van der Waals surface area contributed by atoms with Gasteiger partial charge >= 0.3 is 7.12 Å². The number of rotatable bonds is 4. The number of hydrogen-bond donors (Lipinski definition) is 2. The molecular formula is C21H22BFN2O3. The Kier molecular flexibility index (Phi) is 4.58. The zero-order valence-corrected chi connectivity index (χ0v) is 15.5. The Morgan fingerprint density at radius 1 is 1.21 bits per heavy atom. The maximum absolute atomic E-state index is 14.7. The van der Waals surface area contributed by atoms with Crippen LogP contribution in [0.3, 0.4) is 0 Å². The van der Waals surface area contributed by atoms with Crippen LogP contribution in [0, 0.1) is 11.7 Å². The van der Waals surface area contributed by atoms with E-state index in [-0.39, 0.29) is 12.4 Å². The lowest BCUT2D eigenvalue weighted by Crippen LogP contribution is -2.30. The van der Waals surface area contributed by atoms with Crippen LogP contribution in [-0.4, -0.2) is 36.4 Å². The van der Waals surface area contributed by atoms with E-state index < -0.39 is 7.12 Å². The average molecular weight is 380 g/mol. The van der Waals surface area contributed by atoms with E-state index >= 15 is 0 Å². The highest BCUT2D eigenvalue weighted by molar-refractivity contribution is 6.61. The normalized spacial score (nSPS) is 17.3. The summed E-state index contributed by atoms with van der Waals surface area (Å²) in [7, 11) is -0.994. The quantitative estimate of drug-likeness (QED) is 0.683. The van der Waals surface area contributed by atoms with Gasteiger partial charge in [0.2, 0.25) is 0 Å². The standard InChI is InChI=1S/C21H22BFN2O3/c23-19-10-16-13-28-22(26)18(16)11-21(19)25-8-5-15-9-17(1-2-20(15)25)27-12-14-3-6-24-7-4-14/h1-2,5,8-11,14,24,26H,3-4,6-7,12-13H2. The molecular weight excluding hydrogens is 358 g/mol. The van der Waals surface area contributed by atoms with Gasteiger partial charge in [-0.1, -0.05) is 0 Å². The summed E-state index contributed by atoms with van der Waals surface area (Å²) in [6.45, 7) is 3.08. The van der Waals surface area contributed by atoms with Crippen molar-refractivity contribution in [1.29, 1.82) is 0 Å². The van der Waals surface area contributed by atoms with Gasteiger partial charge in [0, 0.05) is 11.6 Å². The van der Waals surface area contributed by atoms with Crippen LogP contribution < -0.4 is 15.5 Å². The van der Waals surface area contributed by atoms with Crippen LogP contribution in [-0.2, 0) is 11.3 Å². The summed E-state index contributed by atoms with van der Waals surface area (Å²) in [5.41, 5.74) is 2.61. The molecule has 7 heteroatoms. The highest BCUT2D eigenvalue weighted by Crippen LogP contribution is 2.27. The minimum absolute atomic E-state index is 0.234. The molecule has 0 spiro atoms. The number of piperidine rings is 1. The molecule has 2 aliphatic rings. The molecule has 144 valence electrons. The second kappa shape index (κ2) is 7.24. The lowest BCUT2D eigenvalue weighted by Gasteiger charge is -2.22. The van der Waals surface area contributed by atoms with E-state index in [4.69, 9.17) is 9.39 Å². The predicted molar refractivity (Wildman–Crippen MR) is 107 cm³/mol. The van der Waals surface area contributed by atoms with E-state index in [9.17, 15) is 9.41 Å². The van der Waals surface area contributed by atoms with Crippen LogP contribution in [0.5, 0.6) is 5.75 Å². The average Bonchev–Trinajstić information content (AvgIpc) is 3.29. The summed E-state index contributed by atoms with van der Waals surface area (Å²) >= 11 is 0. The first-order chi connectivity index (χ1) is 13.7. The fourth-order valence-corrected chi connectivity index (χ4v) is 4.10. The van der Waals surface area contributed by atoms with Crippen LogP contribution in [0.1, 0.15) is 18.4 Å². The number of fused-ring (bicyclic) bond motifs is 2. The van der Waals surface area contributed by atoms with Crippen LogP contribution in [0.15, 0.2) is 42.6 Å². The van der Waals surface area contributed by atoms with E-state index in [0.29, 0.717) is 22.6 Å².